The Hall–Kier alpha value is -4.47. The molecule has 3 amide bonds. The molecule has 10 heteroatoms. The van der Waals surface area contributed by atoms with Crippen molar-refractivity contribution in [1.29, 1.82) is 0 Å². The summed E-state index contributed by atoms with van der Waals surface area (Å²) < 4.78 is 20.0. The highest BCUT2D eigenvalue weighted by Gasteiger charge is 2.48. The van der Waals surface area contributed by atoms with Crippen LogP contribution in [0, 0.1) is 5.82 Å². The number of rotatable bonds is 5. The van der Waals surface area contributed by atoms with Crippen LogP contribution in [0.2, 0.25) is 0 Å². The van der Waals surface area contributed by atoms with E-state index < -0.39 is 23.3 Å². The van der Waals surface area contributed by atoms with Crippen LogP contribution in [0.25, 0.3) is 21.9 Å². The molecule has 0 saturated carbocycles. The van der Waals surface area contributed by atoms with E-state index in [1.54, 1.807) is 42.9 Å². The number of amides is 3. The third kappa shape index (κ3) is 3.41. The first-order valence-corrected chi connectivity index (χ1v) is 9.97. The minimum absolute atomic E-state index is 0.0995. The normalized spacial score (nSPS) is 17.8. The van der Waals surface area contributed by atoms with Gasteiger partial charge in [-0.05, 0) is 29.3 Å². The summed E-state index contributed by atoms with van der Waals surface area (Å²) >= 11 is 0. The molecule has 1 saturated heterocycles. The molecule has 1 aliphatic rings. The Morgan fingerprint density at radius 1 is 1.09 bits per heavy atom. The predicted octanol–water partition coefficient (Wildman–Crippen LogP) is 2.69. The van der Waals surface area contributed by atoms with Gasteiger partial charge in [0.1, 0.15) is 5.82 Å². The fraction of sp³-hybridized carbons (Fsp3) is 0.130. The first kappa shape index (κ1) is 20.4. The van der Waals surface area contributed by atoms with Crippen molar-refractivity contribution in [1.82, 2.24) is 25.2 Å². The number of carbonyl (C=O) groups excluding carboxylic acids is 2. The fourth-order valence-electron chi connectivity index (χ4n) is 4.01. The van der Waals surface area contributed by atoms with Crippen LogP contribution in [0.5, 0.6) is 11.9 Å². The molecule has 0 aliphatic carbocycles. The van der Waals surface area contributed by atoms with Crippen molar-refractivity contribution >= 4 is 22.7 Å². The molecule has 33 heavy (non-hydrogen) atoms. The SMILES string of the molecule is COc1ncc(-c2ccc([C@]3(Cn4cc5ccc(F)cc5c4O)NC(=O)NC3=O)cc2)cn1. The number of urea groups is 1. The van der Waals surface area contributed by atoms with E-state index in [9.17, 15) is 19.1 Å². The van der Waals surface area contributed by atoms with Crippen LogP contribution in [0.1, 0.15) is 5.56 Å². The number of aromatic hydroxyl groups is 1. The van der Waals surface area contributed by atoms with Crippen LogP contribution in [-0.2, 0) is 16.9 Å². The maximum atomic E-state index is 13.6. The maximum absolute atomic E-state index is 13.6. The lowest BCUT2D eigenvalue weighted by atomic mass is 9.88. The van der Waals surface area contributed by atoms with Gasteiger partial charge in [-0.3, -0.25) is 10.1 Å². The summed E-state index contributed by atoms with van der Waals surface area (Å²) in [4.78, 5) is 33.2. The molecule has 1 fully saturated rings. The molecule has 1 aliphatic heterocycles. The van der Waals surface area contributed by atoms with Crippen molar-refractivity contribution in [2.75, 3.05) is 7.11 Å². The molecule has 3 heterocycles. The molecule has 5 rings (SSSR count). The molecule has 0 unspecified atom stereocenters. The number of methoxy groups -OCH3 is 1. The average Bonchev–Trinajstić information content (AvgIpc) is 3.29. The molecule has 166 valence electrons. The predicted molar refractivity (Wildman–Crippen MR) is 116 cm³/mol. The molecule has 1 atom stereocenters. The van der Waals surface area contributed by atoms with Crippen molar-refractivity contribution in [3.05, 3.63) is 72.4 Å². The minimum Gasteiger partial charge on any atom is -0.494 e. The van der Waals surface area contributed by atoms with Gasteiger partial charge in [-0.25, -0.2) is 19.2 Å². The van der Waals surface area contributed by atoms with Gasteiger partial charge in [-0.15, -0.1) is 0 Å². The number of nitrogens with zero attached hydrogens (tertiary/aromatic N) is 3. The van der Waals surface area contributed by atoms with Crippen molar-refractivity contribution in [2.45, 2.75) is 12.1 Å². The van der Waals surface area contributed by atoms with Gasteiger partial charge in [0.05, 0.1) is 13.7 Å². The standard InChI is InChI=1S/C23H18FN5O4/c1-33-22-25-9-15(10-26-22)13-2-5-16(6-3-13)23(20(31)27-21(32)28-23)12-29-11-14-4-7-17(24)8-18(14)19(29)30/h2-11,30H,12H2,1H3,(H2,27,28,31,32)/t23-/m0/s1. The second kappa shape index (κ2) is 7.59. The zero-order valence-electron chi connectivity index (χ0n) is 17.4. The quantitative estimate of drug-likeness (QED) is 0.405. The highest BCUT2D eigenvalue weighted by Crippen LogP contribution is 2.34. The van der Waals surface area contributed by atoms with E-state index in [0.29, 0.717) is 16.3 Å². The molecular weight excluding hydrogens is 429 g/mol. The van der Waals surface area contributed by atoms with E-state index >= 15 is 0 Å². The first-order valence-electron chi connectivity index (χ1n) is 9.97. The Bertz CT molecular complexity index is 1380. The molecule has 4 aromatic rings. The molecule has 0 bridgehead atoms. The smallest absolute Gasteiger partial charge is 0.322 e. The average molecular weight is 447 g/mol. The van der Waals surface area contributed by atoms with Crippen LogP contribution in [0.15, 0.2) is 61.1 Å². The number of hydrogen-bond donors (Lipinski definition) is 3. The number of aromatic nitrogens is 3. The van der Waals surface area contributed by atoms with E-state index in [0.717, 1.165) is 11.1 Å². The fourth-order valence-corrected chi connectivity index (χ4v) is 4.01. The number of nitrogens with one attached hydrogen (secondary N) is 2. The van der Waals surface area contributed by atoms with Crippen molar-refractivity contribution in [2.24, 2.45) is 0 Å². The minimum atomic E-state index is -1.48. The van der Waals surface area contributed by atoms with Gasteiger partial charge in [-0.2, -0.15) is 0 Å². The monoisotopic (exact) mass is 447 g/mol. The Kier molecular flexibility index (Phi) is 4.70. The number of imide groups is 1. The highest BCUT2D eigenvalue weighted by atomic mass is 19.1. The van der Waals surface area contributed by atoms with Crippen molar-refractivity contribution in [3.63, 3.8) is 0 Å². The molecule has 2 aromatic carbocycles. The van der Waals surface area contributed by atoms with Gasteiger partial charge in [0.2, 0.25) is 0 Å². The van der Waals surface area contributed by atoms with Crippen molar-refractivity contribution < 1.29 is 23.8 Å². The van der Waals surface area contributed by atoms with Gasteiger partial charge < -0.3 is 19.7 Å². The van der Waals surface area contributed by atoms with Crippen LogP contribution >= 0.6 is 0 Å². The molecule has 9 nitrogen and oxygen atoms in total. The number of hydrogen-bond acceptors (Lipinski definition) is 6. The maximum Gasteiger partial charge on any atom is 0.322 e. The second-order valence-electron chi connectivity index (χ2n) is 7.66. The van der Waals surface area contributed by atoms with E-state index in [4.69, 9.17) is 4.74 Å². The Balaban J connectivity index is 1.54. The van der Waals surface area contributed by atoms with Crippen LogP contribution in [0.4, 0.5) is 9.18 Å². The lowest BCUT2D eigenvalue weighted by Gasteiger charge is -2.27. The van der Waals surface area contributed by atoms with E-state index in [-0.39, 0.29) is 18.4 Å². The van der Waals surface area contributed by atoms with Crippen LogP contribution in [-0.4, -0.2) is 38.7 Å². The highest BCUT2D eigenvalue weighted by molar-refractivity contribution is 6.07. The topological polar surface area (TPSA) is 118 Å². The van der Waals surface area contributed by atoms with Gasteiger partial charge in [0.25, 0.3) is 5.91 Å². The van der Waals surface area contributed by atoms with Gasteiger partial charge in [-0.1, -0.05) is 24.3 Å². The van der Waals surface area contributed by atoms with Crippen LogP contribution < -0.4 is 15.4 Å². The number of halogens is 1. The Morgan fingerprint density at radius 3 is 2.45 bits per heavy atom. The molecule has 0 radical (unpaired) electrons. The summed E-state index contributed by atoms with van der Waals surface area (Å²) in [5, 5.41) is 16.5. The lowest BCUT2D eigenvalue weighted by molar-refractivity contribution is -0.124. The molecule has 3 N–H and O–H groups in total. The Morgan fingerprint density at radius 2 is 1.82 bits per heavy atom. The molecule has 0 spiro atoms. The van der Waals surface area contributed by atoms with Gasteiger partial charge in [0.15, 0.2) is 11.4 Å². The zero-order valence-corrected chi connectivity index (χ0v) is 17.4. The third-order valence-electron chi connectivity index (χ3n) is 5.69. The number of fused-ring (bicyclic) bond motifs is 1. The van der Waals surface area contributed by atoms with E-state index in [2.05, 4.69) is 20.6 Å². The Labute approximate surface area is 186 Å². The number of ether oxygens (including phenoxy) is 1. The molecule has 2 aromatic heterocycles. The summed E-state index contributed by atoms with van der Waals surface area (Å²) in [6, 6.07) is 10.6. The third-order valence-corrected chi connectivity index (χ3v) is 5.69. The lowest BCUT2D eigenvalue weighted by Crippen LogP contribution is -2.47. The molecular formula is C23H18FN5O4. The van der Waals surface area contributed by atoms with Gasteiger partial charge >= 0.3 is 12.0 Å². The largest absolute Gasteiger partial charge is 0.494 e. The van der Waals surface area contributed by atoms with Crippen molar-refractivity contribution in [3.8, 4) is 23.0 Å². The van der Waals surface area contributed by atoms with Gasteiger partial charge in [0, 0.05) is 34.9 Å². The second-order valence-corrected chi connectivity index (χ2v) is 7.66. The summed E-state index contributed by atoms with van der Waals surface area (Å²) in [7, 11) is 1.48. The summed E-state index contributed by atoms with van der Waals surface area (Å²) in [6.07, 6.45) is 4.83. The summed E-state index contributed by atoms with van der Waals surface area (Å²) in [5.41, 5.74) is 0.572. The first-order chi connectivity index (χ1) is 15.9. The van der Waals surface area contributed by atoms with E-state index in [1.165, 1.54) is 29.9 Å². The number of benzene rings is 2. The number of carbonyl (C=O) groups is 2. The summed E-state index contributed by atoms with van der Waals surface area (Å²) in [5.74, 6) is -1.25. The van der Waals surface area contributed by atoms with E-state index in [1.807, 2.05) is 0 Å². The zero-order chi connectivity index (χ0) is 23.2. The van der Waals surface area contributed by atoms with Crippen LogP contribution in [0.3, 0.4) is 0 Å². The summed E-state index contributed by atoms with van der Waals surface area (Å²) in [6.45, 7) is -0.0995.